The first-order valence-corrected chi connectivity index (χ1v) is 10.4. The number of nitrogens with two attached hydrogens (primary N) is 2. The SMILES string of the molecule is CC(C)CC(NC(=O)C(N)CS)C(=O)NC(CCC(=O)O)C(=O)NC(CC(N)=O)C(=O)O. The molecule has 0 aromatic rings. The van der Waals surface area contributed by atoms with Gasteiger partial charge in [-0.3, -0.25) is 24.0 Å². The molecule has 0 spiro atoms. The number of hydrogen-bond acceptors (Lipinski definition) is 8. The fourth-order valence-electron chi connectivity index (χ4n) is 2.55. The van der Waals surface area contributed by atoms with E-state index in [9.17, 15) is 28.8 Å². The Bertz CT molecular complexity index is 717. The van der Waals surface area contributed by atoms with Crippen molar-refractivity contribution >= 4 is 48.2 Å². The molecule has 0 rings (SSSR count). The lowest BCUT2D eigenvalue weighted by Crippen LogP contribution is -2.57. The van der Waals surface area contributed by atoms with Crippen molar-refractivity contribution in [3.63, 3.8) is 0 Å². The second-order valence-corrected chi connectivity index (χ2v) is 7.91. The Balaban J connectivity index is 5.55. The predicted molar refractivity (Wildman–Crippen MR) is 115 cm³/mol. The van der Waals surface area contributed by atoms with Crippen molar-refractivity contribution in [2.24, 2.45) is 17.4 Å². The van der Waals surface area contributed by atoms with Gasteiger partial charge in [0.1, 0.15) is 18.1 Å². The van der Waals surface area contributed by atoms with Gasteiger partial charge in [-0.2, -0.15) is 12.6 Å². The number of hydrogen-bond donors (Lipinski definition) is 8. The quantitative estimate of drug-likeness (QED) is 0.117. The minimum Gasteiger partial charge on any atom is -0.481 e. The number of aliphatic carboxylic acids is 2. The summed E-state index contributed by atoms with van der Waals surface area (Å²) in [6, 6.07) is -5.17. The molecule has 4 unspecified atom stereocenters. The molecule has 0 aliphatic rings. The molecule has 4 atom stereocenters. The minimum atomic E-state index is -1.66. The van der Waals surface area contributed by atoms with Crippen molar-refractivity contribution in [3.8, 4) is 0 Å². The molecule has 0 heterocycles. The van der Waals surface area contributed by atoms with Gasteiger partial charge in [-0.15, -0.1) is 0 Å². The second kappa shape index (κ2) is 14.2. The first-order valence-electron chi connectivity index (χ1n) is 9.78. The number of carboxylic acid groups (broad SMARTS) is 2. The van der Waals surface area contributed by atoms with Crippen molar-refractivity contribution in [3.05, 3.63) is 0 Å². The van der Waals surface area contributed by atoms with Crippen LogP contribution in [0.3, 0.4) is 0 Å². The fourth-order valence-corrected chi connectivity index (χ4v) is 2.71. The molecule has 4 amide bonds. The van der Waals surface area contributed by atoms with E-state index in [-0.39, 0.29) is 24.5 Å². The highest BCUT2D eigenvalue weighted by Crippen LogP contribution is 2.08. The molecule has 9 N–H and O–H groups in total. The van der Waals surface area contributed by atoms with Crippen LogP contribution in [-0.2, 0) is 28.8 Å². The van der Waals surface area contributed by atoms with Crippen molar-refractivity contribution in [2.75, 3.05) is 5.75 Å². The van der Waals surface area contributed by atoms with Crippen LogP contribution >= 0.6 is 12.6 Å². The standard InChI is InChI=1S/C18H31N5O8S/c1-8(2)5-11(22-15(27)9(19)7-32)17(29)21-10(3-4-14(25)26)16(28)23-12(18(30)31)6-13(20)24/h8-12,32H,3-7,19H2,1-2H3,(H2,20,24)(H,21,29)(H,22,27)(H,23,28)(H,25,26)(H,30,31). The van der Waals surface area contributed by atoms with Gasteiger partial charge in [-0.05, 0) is 18.8 Å². The van der Waals surface area contributed by atoms with Crippen LogP contribution in [0.2, 0.25) is 0 Å². The summed E-state index contributed by atoms with van der Waals surface area (Å²) >= 11 is 3.92. The predicted octanol–water partition coefficient (Wildman–Crippen LogP) is -2.43. The Hall–Kier alpha value is -2.87. The van der Waals surface area contributed by atoms with E-state index in [2.05, 4.69) is 28.6 Å². The number of nitrogens with one attached hydrogen (secondary N) is 3. The number of carbonyl (C=O) groups excluding carboxylic acids is 4. The molecule has 0 bridgehead atoms. The molecule has 14 heteroatoms. The van der Waals surface area contributed by atoms with E-state index in [1.165, 1.54) is 0 Å². The smallest absolute Gasteiger partial charge is 0.326 e. The van der Waals surface area contributed by atoms with Crippen LogP contribution in [-0.4, -0.2) is 75.7 Å². The molecule has 0 fully saturated rings. The minimum absolute atomic E-state index is 0.0297. The molecule has 0 aliphatic carbocycles. The van der Waals surface area contributed by atoms with Gasteiger partial charge in [0.2, 0.25) is 23.6 Å². The van der Waals surface area contributed by atoms with Gasteiger partial charge >= 0.3 is 11.9 Å². The monoisotopic (exact) mass is 477 g/mol. The molecular formula is C18H31N5O8S. The van der Waals surface area contributed by atoms with Crippen LogP contribution in [0.4, 0.5) is 0 Å². The highest BCUT2D eigenvalue weighted by atomic mass is 32.1. The highest BCUT2D eigenvalue weighted by molar-refractivity contribution is 7.80. The maximum absolute atomic E-state index is 12.8. The van der Waals surface area contributed by atoms with Crippen LogP contribution in [0.1, 0.15) is 39.5 Å². The number of rotatable bonds is 15. The lowest BCUT2D eigenvalue weighted by atomic mass is 10.0. The van der Waals surface area contributed by atoms with Gasteiger partial charge in [-0.25, -0.2) is 4.79 Å². The lowest BCUT2D eigenvalue weighted by Gasteiger charge is -2.25. The van der Waals surface area contributed by atoms with E-state index in [1.807, 2.05) is 0 Å². The molecular weight excluding hydrogens is 446 g/mol. The Kier molecular flexibility index (Phi) is 13.0. The maximum atomic E-state index is 12.8. The summed E-state index contributed by atoms with van der Waals surface area (Å²) in [4.78, 5) is 70.7. The number of thiol groups is 1. The summed E-state index contributed by atoms with van der Waals surface area (Å²) in [6.07, 6.45) is -1.40. The van der Waals surface area contributed by atoms with Crippen molar-refractivity contribution in [2.45, 2.75) is 63.7 Å². The Labute approximate surface area is 190 Å². The average Bonchev–Trinajstić information content (AvgIpc) is 2.67. The van der Waals surface area contributed by atoms with E-state index in [4.69, 9.17) is 21.7 Å². The molecule has 182 valence electrons. The number of amides is 4. The lowest BCUT2D eigenvalue weighted by molar-refractivity contribution is -0.144. The summed E-state index contributed by atoms with van der Waals surface area (Å²) in [7, 11) is 0. The largest absolute Gasteiger partial charge is 0.481 e. The first-order chi connectivity index (χ1) is 14.8. The third-order valence-electron chi connectivity index (χ3n) is 4.17. The molecule has 32 heavy (non-hydrogen) atoms. The maximum Gasteiger partial charge on any atom is 0.326 e. The zero-order chi connectivity index (χ0) is 25.0. The van der Waals surface area contributed by atoms with Gasteiger partial charge in [0.05, 0.1) is 12.5 Å². The van der Waals surface area contributed by atoms with Crippen molar-refractivity contribution in [1.82, 2.24) is 16.0 Å². The zero-order valence-corrected chi connectivity index (χ0v) is 18.8. The molecule has 0 aromatic carbocycles. The van der Waals surface area contributed by atoms with E-state index >= 15 is 0 Å². The van der Waals surface area contributed by atoms with Crippen LogP contribution in [0.15, 0.2) is 0 Å². The molecule has 0 aliphatic heterocycles. The van der Waals surface area contributed by atoms with E-state index in [1.54, 1.807) is 13.8 Å². The molecule has 0 saturated heterocycles. The van der Waals surface area contributed by atoms with Gasteiger partial charge in [-0.1, -0.05) is 13.8 Å². The Morgan fingerprint density at radius 1 is 0.875 bits per heavy atom. The fraction of sp³-hybridized carbons (Fsp3) is 0.667. The first kappa shape index (κ1) is 29.1. The van der Waals surface area contributed by atoms with Gasteiger partial charge in [0.25, 0.3) is 0 Å². The highest BCUT2D eigenvalue weighted by Gasteiger charge is 2.31. The normalized spacial score (nSPS) is 14.5. The topological polar surface area (TPSA) is 231 Å². The van der Waals surface area contributed by atoms with Crippen LogP contribution < -0.4 is 27.4 Å². The van der Waals surface area contributed by atoms with Gasteiger partial charge in [0, 0.05) is 12.2 Å². The summed E-state index contributed by atoms with van der Waals surface area (Å²) < 4.78 is 0. The van der Waals surface area contributed by atoms with Gasteiger partial charge < -0.3 is 37.6 Å². The zero-order valence-electron chi connectivity index (χ0n) is 17.9. The Morgan fingerprint density at radius 3 is 1.81 bits per heavy atom. The number of carbonyl (C=O) groups is 6. The van der Waals surface area contributed by atoms with Crippen molar-refractivity contribution < 1.29 is 39.0 Å². The summed E-state index contributed by atoms with van der Waals surface area (Å²) in [5, 5.41) is 24.9. The van der Waals surface area contributed by atoms with Gasteiger partial charge in [0.15, 0.2) is 0 Å². The van der Waals surface area contributed by atoms with Crippen molar-refractivity contribution in [1.29, 1.82) is 0 Å². The van der Waals surface area contributed by atoms with Crippen LogP contribution in [0, 0.1) is 5.92 Å². The molecule has 0 aromatic heterocycles. The van der Waals surface area contributed by atoms with E-state index < -0.39 is 72.6 Å². The molecule has 13 nitrogen and oxygen atoms in total. The number of carboxylic acids is 2. The average molecular weight is 478 g/mol. The Morgan fingerprint density at radius 2 is 1.38 bits per heavy atom. The van der Waals surface area contributed by atoms with E-state index in [0.29, 0.717) is 0 Å². The van der Waals surface area contributed by atoms with E-state index in [0.717, 1.165) is 0 Å². The van der Waals surface area contributed by atoms with Crippen LogP contribution in [0.5, 0.6) is 0 Å². The summed E-state index contributed by atoms with van der Waals surface area (Å²) in [5.74, 6) is -6.23. The second-order valence-electron chi connectivity index (χ2n) is 7.54. The summed E-state index contributed by atoms with van der Waals surface area (Å²) in [6.45, 7) is 3.59. The third-order valence-corrected chi connectivity index (χ3v) is 4.57. The number of primary amides is 1. The summed E-state index contributed by atoms with van der Waals surface area (Å²) in [5.41, 5.74) is 10.6. The molecule has 0 radical (unpaired) electrons. The third kappa shape index (κ3) is 11.5. The molecule has 0 saturated carbocycles. The van der Waals surface area contributed by atoms with Crippen LogP contribution in [0.25, 0.3) is 0 Å².